The lowest BCUT2D eigenvalue weighted by Gasteiger charge is -2.33. The lowest BCUT2D eigenvalue weighted by atomic mass is 9.72. The Bertz CT molecular complexity index is 1110. The average Bonchev–Trinajstić information content (AvgIpc) is 3.37. The van der Waals surface area contributed by atoms with E-state index in [1.165, 1.54) is 17.6 Å². The molecule has 0 bridgehead atoms. The molecule has 174 valence electrons. The van der Waals surface area contributed by atoms with Gasteiger partial charge in [0.1, 0.15) is 10.8 Å². The van der Waals surface area contributed by atoms with Crippen molar-refractivity contribution in [1.29, 1.82) is 0 Å². The summed E-state index contributed by atoms with van der Waals surface area (Å²) in [6, 6.07) is 2.67. The van der Waals surface area contributed by atoms with Crippen LogP contribution in [-0.2, 0) is 29.0 Å². The van der Waals surface area contributed by atoms with Gasteiger partial charge in [0.25, 0.3) is 5.91 Å². The molecule has 0 aromatic carbocycles. The van der Waals surface area contributed by atoms with Crippen molar-refractivity contribution < 1.29 is 23.6 Å². The fourth-order valence-corrected chi connectivity index (χ4v) is 5.39. The highest BCUT2D eigenvalue weighted by atomic mass is 32.1. The Hall–Kier alpha value is -3.27. The van der Waals surface area contributed by atoms with E-state index in [4.69, 9.17) is 4.42 Å². The van der Waals surface area contributed by atoms with Crippen molar-refractivity contribution in [3.63, 3.8) is 0 Å². The summed E-state index contributed by atoms with van der Waals surface area (Å²) in [5.74, 6) is -1.91. The Morgan fingerprint density at radius 2 is 2.00 bits per heavy atom. The van der Waals surface area contributed by atoms with Crippen LogP contribution < -0.4 is 16.0 Å². The maximum atomic E-state index is 13.2. The van der Waals surface area contributed by atoms with Crippen molar-refractivity contribution in [2.75, 3.05) is 0 Å². The normalized spacial score (nSPS) is 19.4. The van der Waals surface area contributed by atoms with Gasteiger partial charge in [-0.15, -0.1) is 11.3 Å². The number of furan rings is 1. The molecule has 9 nitrogen and oxygen atoms in total. The molecule has 1 atom stereocenters. The van der Waals surface area contributed by atoms with Gasteiger partial charge in [-0.3, -0.25) is 25.0 Å². The predicted octanol–water partition coefficient (Wildman–Crippen LogP) is 3.11. The number of urea groups is 1. The van der Waals surface area contributed by atoms with E-state index in [0.717, 1.165) is 29.7 Å². The Balaban J connectivity index is 1.64. The molecule has 4 rings (SSSR count). The minimum absolute atomic E-state index is 0.137. The Morgan fingerprint density at radius 1 is 1.27 bits per heavy atom. The second-order valence-electron chi connectivity index (χ2n) is 9.32. The third-order valence-electron chi connectivity index (χ3n) is 6.08. The summed E-state index contributed by atoms with van der Waals surface area (Å²) in [4.78, 5) is 54.1. The third kappa shape index (κ3) is 4.90. The summed E-state index contributed by atoms with van der Waals surface area (Å²) in [7, 11) is 0. The molecule has 3 N–H and O–H groups in total. The van der Waals surface area contributed by atoms with E-state index >= 15 is 0 Å². The molecular formula is C23H26N4O5S. The zero-order valence-electron chi connectivity index (χ0n) is 18.7. The van der Waals surface area contributed by atoms with Crippen LogP contribution in [-0.4, -0.2) is 30.0 Å². The fraction of sp³-hybridized carbons (Fsp3) is 0.435. The molecule has 0 radical (unpaired) electrons. The van der Waals surface area contributed by atoms with Crippen LogP contribution in [0.2, 0.25) is 0 Å². The van der Waals surface area contributed by atoms with Gasteiger partial charge in [0.05, 0.1) is 18.4 Å². The Kier molecular flexibility index (Phi) is 6.20. The molecular weight excluding hydrogens is 444 g/mol. The summed E-state index contributed by atoms with van der Waals surface area (Å²) in [5.41, 5.74) is 1.58. The predicted molar refractivity (Wildman–Crippen MR) is 122 cm³/mol. The molecule has 2 aliphatic rings. The largest absolute Gasteiger partial charge is 0.467 e. The molecule has 10 heteroatoms. The van der Waals surface area contributed by atoms with E-state index < -0.39 is 23.8 Å². The highest BCUT2D eigenvalue weighted by Crippen LogP contribution is 2.45. The van der Waals surface area contributed by atoms with Crippen LogP contribution in [0.15, 0.2) is 27.8 Å². The van der Waals surface area contributed by atoms with Gasteiger partial charge in [-0.1, -0.05) is 20.8 Å². The first kappa shape index (κ1) is 22.9. The molecule has 33 heavy (non-hydrogen) atoms. The van der Waals surface area contributed by atoms with Crippen LogP contribution in [0, 0.1) is 17.3 Å². The summed E-state index contributed by atoms with van der Waals surface area (Å²) in [6.45, 7) is 6.88. The number of thiophene rings is 1. The van der Waals surface area contributed by atoms with E-state index in [1.807, 2.05) is 0 Å². The molecule has 2 aromatic rings. The number of barbiturate groups is 1. The smallest absolute Gasteiger partial charge is 0.328 e. The quantitative estimate of drug-likeness (QED) is 0.457. The van der Waals surface area contributed by atoms with Crippen LogP contribution >= 0.6 is 11.3 Å². The molecule has 1 fully saturated rings. The summed E-state index contributed by atoms with van der Waals surface area (Å²) in [5, 5.41) is 7.43. The van der Waals surface area contributed by atoms with Crippen molar-refractivity contribution in [2.45, 2.75) is 46.6 Å². The maximum absolute atomic E-state index is 13.2. The minimum atomic E-state index is -1.25. The molecule has 5 amide bonds. The lowest BCUT2D eigenvalue weighted by molar-refractivity contribution is -0.132. The van der Waals surface area contributed by atoms with Crippen molar-refractivity contribution >= 4 is 46.3 Å². The standard InChI is InChI=1S/C23H26N4O5S/c1-23(2,3)12-6-7-14-16(9-12)33-21(17(14)20(30)24-10-13-5-4-8-32-13)25-11-15-18(28)26-22(31)27-19(15)29/h4-5,8,11-12,15H,6-7,9-10H2,1-3H3,(H,24,30)(H2,26,27,28,29,31)/t12-/m0/s1. The minimum Gasteiger partial charge on any atom is -0.467 e. The molecule has 3 heterocycles. The van der Waals surface area contributed by atoms with E-state index in [2.05, 4.69) is 41.7 Å². The van der Waals surface area contributed by atoms with Gasteiger partial charge in [-0.25, -0.2) is 9.79 Å². The zero-order chi connectivity index (χ0) is 23.8. The fourth-order valence-electron chi connectivity index (χ4n) is 4.11. The lowest BCUT2D eigenvalue weighted by Crippen LogP contribution is -2.56. The van der Waals surface area contributed by atoms with E-state index in [-0.39, 0.29) is 17.9 Å². The number of carbonyl (C=O) groups excluding carboxylic acids is 4. The topological polar surface area (TPSA) is 130 Å². The number of nitrogens with one attached hydrogen (secondary N) is 3. The second kappa shape index (κ2) is 8.93. The molecule has 2 aromatic heterocycles. The van der Waals surface area contributed by atoms with E-state index in [1.54, 1.807) is 18.4 Å². The summed E-state index contributed by atoms with van der Waals surface area (Å²) < 4.78 is 5.30. The zero-order valence-corrected chi connectivity index (χ0v) is 19.5. The van der Waals surface area contributed by atoms with Crippen molar-refractivity contribution in [3.05, 3.63) is 40.2 Å². The number of rotatable bonds is 5. The van der Waals surface area contributed by atoms with Crippen LogP contribution in [0.3, 0.4) is 0 Å². The second-order valence-corrected chi connectivity index (χ2v) is 10.4. The number of aliphatic imine (C=N–C) groups is 1. The van der Waals surface area contributed by atoms with Crippen molar-refractivity contribution in [1.82, 2.24) is 16.0 Å². The van der Waals surface area contributed by atoms with Gasteiger partial charge >= 0.3 is 6.03 Å². The van der Waals surface area contributed by atoms with Crippen molar-refractivity contribution in [3.8, 4) is 0 Å². The number of imide groups is 2. The number of nitrogens with zero attached hydrogens (tertiary/aromatic N) is 1. The molecule has 1 aliphatic heterocycles. The molecule has 0 unspecified atom stereocenters. The molecule has 1 saturated heterocycles. The maximum Gasteiger partial charge on any atom is 0.328 e. The molecule has 0 saturated carbocycles. The number of carbonyl (C=O) groups is 4. The van der Waals surface area contributed by atoms with Gasteiger partial charge < -0.3 is 9.73 Å². The Labute approximate surface area is 195 Å². The van der Waals surface area contributed by atoms with Gasteiger partial charge in [0.2, 0.25) is 11.8 Å². The number of fused-ring (bicyclic) bond motifs is 1. The van der Waals surface area contributed by atoms with Crippen LogP contribution in [0.25, 0.3) is 0 Å². The van der Waals surface area contributed by atoms with Gasteiger partial charge in [0.15, 0.2) is 5.92 Å². The number of hydrogen-bond donors (Lipinski definition) is 3. The average molecular weight is 471 g/mol. The summed E-state index contributed by atoms with van der Waals surface area (Å²) >= 11 is 1.41. The number of hydrogen-bond acceptors (Lipinski definition) is 7. The van der Waals surface area contributed by atoms with E-state index in [9.17, 15) is 19.2 Å². The Morgan fingerprint density at radius 3 is 2.64 bits per heavy atom. The highest BCUT2D eigenvalue weighted by molar-refractivity contribution is 7.16. The van der Waals surface area contributed by atoms with Crippen LogP contribution in [0.4, 0.5) is 9.80 Å². The first-order valence-electron chi connectivity index (χ1n) is 10.8. The highest BCUT2D eigenvalue weighted by Gasteiger charge is 2.35. The third-order valence-corrected chi connectivity index (χ3v) is 7.24. The summed E-state index contributed by atoms with van der Waals surface area (Å²) in [6.07, 6.45) is 5.30. The van der Waals surface area contributed by atoms with Gasteiger partial charge in [0, 0.05) is 11.1 Å². The van der Waals surface area contributed by atoms with Crippen molar-refractivity contribution in [2.24, 2.45) is 22.2 Å². The first-order chi connectivity index (χ1) is 15.6. The van der Waals surface area contributed by atoms with Crippen LogP contribution in [0.5, 0.6) is 0 Å². The van der Waals surface area contributed by atoms with E-state index in [0.29, 0.717) is 22.2 Å². The first-order valence-corrected chi connectivity index (χ1v) is 11.6. The van der Waals surface area contributed by atoms with Crippen LogP contribution in [0.1, 0.15) is 53.8 Å². The molecule has 1 aliphatic carbocycles. The van der Waals surface area contributed by atoms with Gasteiger partial charge in [-0.05, 0) is 48.3 Å². The SMILES string of the molecule is CC(C)(C)[C@H]1CCc2c(sc(N=CC3C(=O)NC(=O)NC3=O)c2C(=O)NCc2ccco2)C1. The van der Waals surface area contributed by atoms with Gasteiger partial charge in [-0.2, -0.15) is 0 Å². The molecule has 0 spiro atoms. The number of amides is 5. The monoisotopic (exact) mass is 470 g/mol.